The van der Waals surface area contributed by atoms with E-state index in [4.69, 9.17) is 0 Å². The Morgan fingerprint density at radius 3 is 2.19 bits per heavy atom. The first-order valence-corrected chi connectivity index (χ1v) is 10.2. The number of sulfonamides is 1. The maximum atomic E-state index is 13.4. The molecule has 144 valence electrons. The summed E-state index contributed by atoms with van der Waals surface area (Å²) in [6.45, 7) is 3.75. The molecule has 0 aliphatic carbocycles. The number of rotatable bonds is 4. The van der Waals surface area contributed by atoms with E-state index < -0.39 is 27.2 Å². The Kier molecular flexibility index (Phi) is 5.10. The lowest BCUT2D eigenvalue weighted by atomic mass is 9.71. The lowest BCUT2D eigenvalue weighted by molar-refractivity contribution is -0.145. The summed E-state index contributed by atoms with van der Waals surface area (Å²) in [6.07, 6.45) is 0.278. The van der Waals surface area contributed by atoms with Gasteiger partial charge in [0.15, 0.2) is 0 Å². The van der Waals surface area contributed by atoms with Crippen molar-refractivity contribution in [2.24, 2.45) is 0 Å². The number of carboxylic acid groups (broad SMARTS) is 1. The Morgan fingerprint density at radius 2 is 1.67 bits per heavy atom. The number of aryl methyl sites for hydroxylation is 2. The molecule has 0 saturated carbocycles. The quantitative estimate of drug-likeness (QED) is 0.868. The van der Waals surface area contributed by atoms with Crippen LogP contribution in [0.3, 0.4) is 0 Å². The fourth-order valence-electron chi connectivity index (χ4n) is 3.73. The molecule has 0 spiro atoms. The van der Waals surface area contributed by atoms with Crippen LogP contribution in [0.2, 0.25) is 0 Å². The second-order valence-electron chi connectivity index (χ2n) is 7.06. The smallest absolute Gasteiger partial charge is 0.314 e. The summed E-state index contributed by atoms with van der Waals surface area (Å²) >= 11 is 0. The van der Waals surface area contributed by atoms with Crippen molar-refractivity contribution in [1.82, 2.24) is 4.31 Å². The number of hydrogen-bond donors (Lipinski definition) is 1. The number of nitrogens with zero attached hydrogens (tertiary/aromatic N) is 1. The molecule has 27 heavy (non-hydrogen) atoms. The second kappa shape index (κ2) is 7.05. The van der Waals surface area contributed by atoms with E-state index in [-0.39, 0.29) is 30.8 Å². The van der Waals surface area contributed by atoms with Crippen LogP contribution in [-0.2, 0) is 20.2 Å². The maximum absolute atomic E-state index is 13.4. The van der Waals surface area contributed by atoms with Gasteiger partial charge in [0, 0.05) is 13.1 Å². The fourth-order valence-corrected chi connectivity index (χ4v) is 5.17. The van der Waals surface area contributed by atoms with Gasteiger partial charge in [-0.15, -0.1) is 0 Å². The minimum Gasteiger partial charge on any atom is -0.481 e. The van der Waals surface area contributed by atoms with E-state index in [1.807, 2.05) is 6.92 Å². The zero-order valence-electron chi connectivity index (χ0n) is 15.3. The van der Waals surface area contributed by atoms with Crippen molar-refractivity contribution in [3.8, 4) is 0 Å². The number of hydrogen-bond acceptors (Lipinski definition) is 3. The van der Waals surface area contributed by atoms with E-state index in [9.17, 15) is 22.7 Å². The predicted molar refractivity (Wildman–Crippen MR) is 99.6 cm³/mol. The number of carboxylic acids is 1. The molecule has 0 aromatic heterocycles. The maximum Gasteiger partial charge on any atom is 0.314 e. The molecule has 0 bridgehead atoms. The van der Waals surface area contributed by atoms with Crippen LogP contribution >= 0.6 is 0 Å². The van der Waals surface area contributed by atoms with E-state index in [0.717, 1.165) is 5.56 Å². The summed E-state index contributed by atoms with van der Waals surface area (Å²) in [4.78, 5) is 12.3. The molecule has 1 N–H and O–H groups in total. The Morgan fingerprint density at radius 1 is 1.07 bits per heavy atom. The molecular formula is C20H22FNO4S. The molecule has 0 unspecified atom stereocenters. The van der Waals surface area contributed by atoms with Crippen molar-refractivity contribution < 1.29 is 22.7 Å². The third-order valence-corrected chi connectivity index (χ3v) is 7.26. The third kappa shape index (κ3) is 3.49. The van der Waals surface area contributed by atoms with Crippen LogP contribution in [0, 0.1) is 19.7 Å². The summed E-state index contributed by atoms with van der Waals surface area (Å²) < 4.78 is 40.5. The van der Waals surface area contributed by atoms with Gasteiger partial charge in [-0.3, -0.25) is 4.79 Å². The van der Waals surface area contributed by atoms with Crippen molar-refractivity contribution in [2.45, 2.75) is 37.0 Å². The van der Waals surface area contributed by atoms with Gasteiger partial charge in [-0.25, -0.2) is 12.8 Å². The Balaban J connectivity index is 1.89. The van der Waals surface area contributed by atoms with Crippen LogP contribution in [0.1, 0.15) is 29.5 Å². The van der Waals surface area contributed by atoms with Gasteiger partial charge in [0.1, 0.15) is 5.82 Å². The summed E-state index contributed by atoms with van der Waals surface area (Å²) in [7, 11) is -3.67. The van der Waals surface area contributed by atoms with E-state index in [0.29, 0.717) is 11.1 Å². The van der Waals surface area contributed by atoms with Crippen molar-refractivity contribution in [3.05, 3.63) is 65.0 Å². The summed E-state index contributed by atoms with van der Waals surface area (Å²) in [5.41, 5.74) is 0.858. The lowest BCUT2D eigenvalue weighted by Gasteiger charge is -2.39. The average Bonchev–Trinajstić information content (AvgIpc) is 2.62. The molecule has 7 heteroatoms. The predicted octanol–water partition coefficient (Wildman–Crippen LogP) is 3.25. The first kappa shape index (κ1) is 19.5. The molecular weight excluding hydrogens is 369 g/mol. The van der Waals surface area contributed by atoms with Gasteiger partial charge in [0.05, 0.1) is 10.3 Å². The first-order valence-electron chi connectivity index (χ1n) is 8.74. The summed E-state index contributed by atoms with van der Waals surface area (Å²) in [6, 6.07) is 10.7. The van der Waals surface area contributed by atoms with Gasteiger partial charge < -0.3 is 5.11 Å². The van der Waals surface area contributed by atoms with Crippen LogP contribution < -0.4 is 0 Å². The lowest BCUT2D eigenvalue weighted by Crippen LogP contribution is -2.49. The standard InChI is InChI=1S/C20H22FNO4S/c1-14-3-6-17(7-4-14)27(25,26)22-11-9-20(10-12-22,19(23)24)18-8-5-16(21)13-15(18)2/h3-8,13H,9-12H2,1-2H3,(H,23,24). The van der Waals surface area contributed by atoms with Crippen LogP contribution in [0.5, 0.6) is 0 Å². The van der Waals surface area contributed by atoms with Crippen LogP contribution in [0.25, 0.3) is 0 Å². The zero-order valence-corrected chi connectivity index (χ0v) is 16.1. The molecule has 3 rings (SSSR count). The number of piperidine rings is 1. The van der Waals surface area contributed by atoms with E-state index >= 15 is 0 Å². The normalized spacial score (nSPS) is 17.6. The first-order chi connectivity index (χ1) is 12.7. The number of halogens is 1. The number of carbonyl (C=O) groups is 1. The summed E-state index contributed by atoms with van der Waals surface area (Å²) in [5, 5.41) is 9.91. The molecule has 1 aliphatic heterocycles. The molecule has 2 aromatic rings. The highest BCUT2D eigenvalue weighted by Crippen LogP contribution is 2.39. The van der Waals surface area contributed by atoms with Crippen molar-refractivity contribution in [1.29, 1.82) is 0 Å². The van der Waals surface area contributed by atoms with Gasteiger partial charge in [-0.1, -0.05) is 23.8 Å². The number of aliphatic carboxylic acids is 1. The highest BCUT2D eigenvalue weighted by molar-refractivity contribution is 7.89. The van der Waals surface area contributed by atoms with E-state index in [1.165, 1.54) is 22.5 Å². The van der Waals surface area contributed by atoms with Crippen LogP contribution in [0.4, 0.5) is 4.39 Å². The van der Waals surface area contributed by atoms with Gasteiger partial charge in [0.2, 0.25) is 10.0 Å². The molecule has 0 amide bonds. The largest absolute Gasteiger partial charge is 0.481 e. The molecule has 0 radical (unpaired) electrons. The van der Waals surface area contributed by atoms with Crippen LogP contribution in [-0.4, -0.2) is 36.9 Å². The Labute approximate surface area is 158 Å². The van der Waals surface area contributed by atoms with E-state index in [1.54, 1.807) is 31.2 Å². The Bertz CT molecular complexity index is 962. The average molecular weight is 391 g/mol. The van der Waals surface area contributed by atoms with Crippen molar-refractivity contribution in [2.75, 3.05) is 13.1 Å². The SMILES string of the molecule is Cc1ccc(S(=O)(=O)N2CCC(C(=O)O)(c3ccc(F)cc3C)CC2)cc1. The fraction of sp³-hybridized carbons (Fsp3) is 0.350. The Hall–Kier alpha value is -2.25. The molecule has 2 aromatic carbocycles. The molecule has 1 fully saturated rings. The van der Waals surface area contributed by atoms with Crippen LogP contribution in [0.15, 0.2) is 47.4 Å². The minimum absolute atomic E-state index is 0.0966. The highest BCUT2D eigenvalue weighted by Gasteiger charge is 2.46. The topological polar surface area (TPSA) is 74.7 Å². The van der Waals surface area contributed by atoms with Crippen molar-refractivity contribution in [3.63, 3.8) is 0 Å². The van der Waals surface area contributed by atoms with E-state index in [2.05, 4.69) is 0 Å². The minimum atomic E-state index is -3.67. The summed E-state index contributed by atoms with van der Waals surface area (Å²) in [5.74, 6) is -1.43. The third-order valence-electron chi connectivity index (χ3n) is 5.35. The molecule has 1 aliphatic rings. The van der Waals surface area contributed by atoms with Gasteiger partial charge in [-0.2, -0.15) is 4.31 Å². The second-order valence-corrected chi connectivity index (χ2v) is 9.00. The van der Waals surface area contributed by atoms with Crippen molar-refractivity contribution >= 4 is 16.0 Å². The van der Waals surface area contributed by atoms with Gasteiger partial charge in [-0.05, 0) is 62.1 Å². The zero-order chi connectivity index (χ0) is 19.8. The highest BCUT2D eigenvalue weighted by atomic mass is 32.2. The molecule has 1 heterocycles. The monoisotopic (exact) mass is 391 g/mol. The van der Waals surface area contributed by atoms with Gasteiger partial charge >= 0.3 is 5.97 Å². The molecule has 1 saturated heterocycles. The molecule has 5 nitrogen and oxygen atoms in total. The van der Waals surface area contributed by atoms with Gasteiger partial charge in [0.25, 0.3) is 0 Å². The number of benzene rings is 2. The molecule has 0 atom stereocenters.